The van der Waals surface area contributed by atoms with Gasteiger partial charge >= 0.3 is 6.01 Å². The second kappa shape index (κ2) is 6.87. The van der Waals surface area contributed by atoms with E-state index in [1.54, 1.807) is 6.20 Å². The van der Waals surface area contributed by atoms with Crippen LogP contribution in [-0.2, 0) is 12.8 Å². The predicted molar refractivity (Wildman–Crippen MR) is 92.0 cm³/mol. The van der Waals surface area contributed by atoms with Crippen LogP contribution in [0.5, 0.6) is 11.8 Å². The molecule has 0 aliphatic heterocycles. The molecule has 2 heterocycles. The van der Waals surface area contributed by atoms with Crippen LogP contribution in [-0.4, -0.2) is 20.2 Å². The lowest BCUT2D eigenvalue weighted by Gasteiger charge is -2.04. The maximum absolute atomic E-state index is 13.7. The monoisotopic (exact) mass is 352 g/mol. The molecule has 0 atom stereocenters. The van der Waals surface area contributed by atoms with Gasteiger partial charge in [-0.1, -0.05) is 30.3 Å². The van der Waals surface area contributed by atoms with E-state index >= 15 is 0 Å². The minimum Gasteiger partial charge on any atom is -0.421 e. The third kappa shape index (κ3) is 3.37. The van der Waals surface area contributed by atoms with Crippen LogP contribution in [0, 0.1) is 11.6 Å². The summed E-state index contributed by atoms with van der Waals surface area (Å²) in [6, 6.07) is 13.1. The molecule has 0 saturated carbocycles. The number of nitrogens with zero attached hydrogens (tertiary/aromatic N) is 3. The Morgan fingerprint density at radius 3 is 2.65 bits per heavy atom. The lowest BCUT2D eigenvalue weighted by Crippen LogP contribution is -1.95. The maximum Gasteiger partial charge on any atom is 0.324 e. The van der Waals surface area contributed by atoms with E-state index in [9.17, 15) is 8.78 Å². The Morgan fingerprint density at radius 1 is 1.00 bits per heavy atom. The number of aryl methyl sites for hydroxylation is 2. The average Bonchev–Trinajstić information content (AvgIpc) is 3.05. The van der Waals surface area contributed by atoms with Gasteiger partial charge in [0.05, 0.1) is 5.39 Å². The summed E-state index contributed by atoms with van der Waals surface area (Å²) in [4.78, 5) is 8.27. The summed E-state index contributed by atoms with van der Waals surface area (Å²) in [5.41, 5.74) is 2.58. The number of fused-ring (bicyclic) bond motifs is 1. The van der Waals surface area contributed by atoms with Gasteiger partial charge in [0.1, 0.15) is 5.82 Å². The fraction of sp³-hybridized carbons (Fsp3) is 0.105. The lowest BCUT2D eigenvalue weighted by atomic mass is 10.1. The molecule has 0 aliphatic carbocycles. The van der Waals surface area contributed by atoms with Crippen LogP contribution >= 0.6 is 0 Å². The Balaban J connectivity index is 1.53. The van der Waals surface area contributed by atoms with Gasteiger partial charge in [0.2, 0.25) is 0 Å². The number of halogens is 2. The molecule has 0 bridgehead atoms. The number of aromatic nitrogens is 4. The Morgan fingerprint density at radius 2 is 1.85 bits per heavy atom. The predicted octanol–water partition coefficient (Wildman–Crippen LogP) is 4.21. The molecule has 4 rings (SSSR count). The Labute approximate surface area is 147 Å². The number of benzene rings is 2. The SMILES string of the molecule is Fc1ccc(Oc2ncc3c(CCc4ccccc4)[nH]nc3n2)c(F)c1. The molecule has 26 heavy (non-hydrogen) atoms. The smallest absolute Gasteiger partial charge is 0.324 e. The summed E-state index contributed by atoms with van der Waals surface area (Å²) < 4.78 is 31.9. The van der Waals surface area contributed by atoms with Gasteiger partial charge in [0.15, 0.2) is 17.2 Å². The van der Waals surface area contributed by atoms with E-state index in [0.717, 1.165) is 36.1 Å². The van der Waals surface area contributed by atoms with Gasteiger partial charge in [-0.2, -0.15) is 10.1 Å². The van der Waals surface area contributed by atoms with Crippen molar-refractivity contribution in [3.8, 4) is 11.8 Å². The topological polar surface area (TPSA) is 63.7 Å². The molecule has 0 saturated heterocycles. The first kappa shape index (κ1) is 16.1. The molecule has 1 N–H and O–H groups in total. The van der Waals surface area contributed by atoms with Gasteiger partial charge in [0, 0.05) is 18.0 Å². The third-order valence-corrected chi connectivity index (χ3v) is 3.97. The van der Waals surface area contributed by atoms with E-state index in [1.807, 2.05) is 18.2 Å². The zero-order chi connectivity index (χ0) is 17.9. The van der Waals surface area contributed by atoms with Crippen molar-refractivity contribution in [3.05, 3.63) is 77.6 Å². The minimum atomic E-state index is -0.820. The zero-order valence-corrected chi connectivity index (χ0v) is 13.6. The van der Waals surface area contributed by atoms with E-state index in [2.05, 4.69) is 32.3 Å². The van der Waals surface area contributed by atoms with Crippen molar-refractivity contribution >= 4 is 11.0 Å². The Hall–Kier alpha value is -3.35. The first-order valence-corrected chi connectivity index (χ1v) is 8.06. The molecule has 7 heteroatoms. The van der Waals surface area contributed by atoms with Gasteiger partial charge < -0.3 is 4.74 Å². The zero-order valence-electron chi connectivity index (χ0n) is 13.6. The normalized spacial score (nSPS) is 11.0. The highest BCUT2D eigenvalue weighted by Gasteiger charge is 2.12. The molecule has 0 fully saturated rings. The highest BCUT2D eigenvalue weighted by atomic mass is 19.1. The van der Waals surface area contributed by atoms with Gasteiger partial charge in [0.25, 0.3) is 0 Å². The molecule has 4 aromatic rings. The Bertz CT molecular complexity index is 1050. The summed E-state index contributed by atoms with van der Waals surface area (Å²) in [5.74, 6) is -1.65. The molecular weight excluding hydrogens is 338 g/mol. The fourth-order valence-electron chi connectivity index (χ4n) is 2.65. The van der Waals surface area contributed by atoms with E-state index in [-0.39, 0.29) is 11.8 Å². The van der Waals surface area contributed by atoms with Gasteiger partial charge in [-0.3, -0.25) is 5.10 Å². The molecule has 130 valence electrons. The lowest BCUT2D eigenvalue weighted by molar-refractivity contribution is 0.409. The molecule has 0 amide bonds. The molecule has 0 radical (unpaired) electrons. The van der Waals surface area contributed by atoms with Crippen molar-refractivity contribution in [3.63, 3.8) is 0 Å². The number of aromatic amines is 1. The number of ether oxygens (including phenoxy) is 1. The number of H-pyrrole nitrogens is 1. The average molecular weight is 352 g/mol. The Kier molecular flexibility index (Phi) is 4.27. The summed E-state index contributed by atoms with van der Waals surface area (Å²) >= 11 is 0. The van der Waals surface area contributed by atoms with Crippen molar-refractivity contribution in [2.45, 2.75) is 12.8 Å². The fourth-order valence-corrected chi connectivity index (χ4v) is 2.65. The largest absolute Gasteiger partial charge is 0.421 e. The molecule has 2 aromatic carbocycles. The van der Waals surface area contributed by atoms with Crippen LogP contribution in [0.3, 0.4) is 0 Å². The summed E-state index contributed by atoms with van der Waals surface area (Å²) in [6.45, 7) is 0. The quantitative estimate of drug-likeness (QED) is 0.584. The minimum absolute atomic E-state index is 0.0517. The van der Waals surface area contributed by atoms with Gasteiger partial charge in [-0.15, -0.1) is 0 Å². The molecule has 0 unspecified atom stereocenters. The summed E-state index contributed by atoms with van der Waals surface area (Å²) in [7, 11) is 0. The number of nitrogens with one attached hydrogen (secondary N) is 1. The van der Waals surface area contributed by atoms with Crippen molar-refractivity contribution in [1.29, 1.82) is 0 Å². The second-order valence-corrected chi connectivity index (χ2v) is 5.75. The van der Waals surface area contributed by atoms with Crippen molar-refractivity contribution in [1.82, 2.24) is 20.2 Å². The first-order valence-electron chi connectivity index (χ1n) is 8.06. The summed E-state index contributed by atoms with van der Waals surface area (Å²) in [5, 5.41) is 7.91. The highest BCUT2D eigenvalue weighted by Crippen LogP contribution is 2.24. The highest BCUT2D eigenvalue weighted by molar-refractivity contribution is 5.76. The van der Waals surface area contributed by atoms with E-state index in [1.165, 1.54) is 11.6 Å². The van der Waals surface area contributed by atoms with Crippen LogP contribution in [0.4, 0.5) is 8.78 Å². The van der Waals surface area contributed by atoms with Gasteiger partial charge in [-0.05, 0) is 30.5 Å². The molecule has 5 nitrogen and oxygen atoms in total. The van der Waals surface area contributed by atoms with Crippen molar-refractivity contribution < 1.29 is 13.5 Å². The standard InChI is InChI=1S/C19H14F2N4O/c20-13-7-9-17(15(21)10-13)26-19-22-11-14-16(24-25-18(14)23-19)8-6-12-4-2-1-3-5-12/h1-5,7,9-11H,6,8H2,(H,22,23,24,25). The van der Waals surface area contributed by atoms with Crippen LogP contribution < -0.4 is 4.74 Å². The summed E-state index contributed by atoms with van der Waals surface area (Å²) in [6.07, 6.45) is 3.21. The van der Waals surface area contributed by atoms with E-state index in [0.29, 0.717) is 5.65 Å². The van der Waals surface area contributed by atoms with Crippen LogP contribution in [0.2, 0.25) is 0 Å². The van der Waals surface area contributed by atoms with Crippen LogP contribution in [0.15, 0.2) is 54.7 Å². The molecule has 2 aromatic heterocycles. The number of rotatable bonds is 5. The van der Waals surface area contributed by atoms with Crippen LogP contribution in [0.25, 0.3) is 11.0 Å². The maximum atomic E-state index is 13.7. The second-order valence-electron chi connectivity index (χ2n) is 5.75. The van der Waals surface area contributed by atoms with E-state index in [4.69, 9.17) is 4.74 Å². The van der Waals surface area contributed by atoms with E-state index < -0.39 is 11.6 Å². The van der Waals surface area contributed by atoms with Crippen LogP contribution in [0.1, 0.15) is 11.3 Å². The van der Waals surface area contributed by atoms with Crippen molar-refractivity contribution in [2.24, 2.45) is 0 Å². The number of hydrogen-bond acceptors (Lipinski definition) is 4. The molecular formula is C19H14F2N4O. The van der Waals surface area contributed by atoms with Gasteiger partial charge in [-0.25, -0.2) is 13.8 Å². The first-order chi connectivity index (χ1) is 12.7. The number of hydrogen-bond donors (Lipinski definition) is 1. The molecule has 0 spiro atoms. The van der Waals surface area contributed by atoms with Crippen molar-refractivity contribution in [2.75, 3.05) is 0 Å². The molecule has 0 aliphatic rings. The third-order valence-electron chi connectivity index (χ3n) is 3.97.